The highest BCUT2D eigenvalue weighted by molar-refractivity contribution is 8.12. The van der Waals surface area contributed by atoms with Crippen molar-refractivity contribution in [2.24, 2.45) is 0 Å². The third-order valence-corrected chi connectivity index (χ3v) is 11.2. The van der Waals surface area contributed by atoms with Gasteiger partial charge in [-0.05, 0) is 132 Å². The number of rotatable bonds is 30. The van der Waals surface area contributed by atoms with Crippen LogP contribution in [0.3, 0.4) is 0 Å². The molecule has 8 nitrogen and oxygen atoms in total. The fourth-order valence-electron chi connectivity index (χ4n) is 5.35. The standard InChI is InChI=1S/C49H62O8S2/c1-9-14-18-22-28-54-46(50)37(7)32-40(47(51)56-29-23-19-15-10-2)31-36(6)38(8)58-43(13-5)45-26-25-44(59-45)39-33-41(48(52)55-27-21-17-12-4)35-42(34-39)49(53)57-30-24-20-16-11-3/h9-11,13,25-26,31-35H,1-3,6,8,12,14-24,27-30H2,4-5,7H3/b37-32+,40-31+,43-13-. The highest BCUT2D eigenvalue weighted by Crippen LogP contribution is 2.41. The van der Waals surface area contributed by atoms with E-state index in [2.05, 4.69) is 39.8 Å². The summed E-state index contributed by atoms with van der Waals surface area (Å²) in [6, 6.07) is 8.90. The van der Waals surface area contributed by atoms with E-state index in [4.69, 9.17) is 18.9 Å². The Labute approximate surface area is 360 Å². The second-order valence-electron chi connectivity index (χ2n) is 13.7. The molecule has 0 fully saturated rings. The third kappa shape index (κ3) is 19.1. The first kappa shape index (κ1) is 50.2. The van der Waals surface area contributed by atoms with Crippen molar-refractivity contribution in [3.05, 3.63) is 137 Å². The Bertz CT molecular complexity index is 1860. The van der Waals surface area contributed by atoms with Crippen molar-refractivity contribution in [2.75, 3.05) is 26.4 Å². The summed E-state index contributed by atoms with van der Waals surface area (Å²) in [4.78, 5) is 55.6. The minimum absolute atomic E-state index is 0.150. The molecule has 1 aromatic carbocycles. The van der Waals surface area contributed by atoms with Crippen LogP contribution in [0.1, 0.15) is 123 Å². The van der Waals surface area contributed by atoms with E-state index in [0.29, 0.717) is 41.9 Å². The molecule has 318 valence electrons. The summed E-state index contributed by atoms with van der Waals surface area (Å²) in [6.45, 7) is 26.3. The van der Waals surface area contributed by atoms with E-state index in [0.717, 1.165) is 72.4 Å². The Kier molecular flexibility index (Phi) is 24.9. The van der Waals surface area contributed by atoms with Crippen molar-refractivity contribution in [1.29, 1.82) is 0 Å². The zero-order valence-corrected chi connectivity index (χ0v) is 36.9. The van der Waals surface area contributed by atoms with Crippen LogP contribution in [-0.4, -0.2) is 50.3 Å². The smallest absolute Gasteiger partial charge is 0.338 e. The number of esters is 4. The summed E-state index contributed by atoms with van der Waals surface area (Å²) < 4.78 is 22.1. The van der Waals surface area contributed by atoms with Crippen LogP contribution >= 0.6 is 23.1 Å². The number of hydrogen-bond acceptors (Lipinski definition) is 10. The largest absolute Gasteiger partial charge is 0.462 e. The lowest BCUT2D eigenvalue weighted by molar-refractivity contribution is -0.139. The van der Waals surface area contributed by atoms with Crippen LogP contribution in [0.5, 0.6) is 0 Å². The van der Waals surface area contributed by atoms with E-state index in [-0.39, 0.29) is 42.1 Å². The lowest BCUT2D eigenvalue weighted by atomic mass is 10.0. The summed E-state index contributed by atoms with van der Waals surface area (Å²) in [6.07, 6.45) is 20.3. The molecule has 2 aromatic rings. The lowest BCUT2D eigenvalue weighted by Crippen LogP contribution is -2.11. The summed E-state index contributed by atoms with van der Waals surface area (Å²) >= 11 is 2.86. The van der Waals surface area contributed by atoms with Crippen LogP contribution in [0.25, 0.3) is 15.3 Å². The zero-order valence-electron chi connectivity index (χ0n) is 35.3. The second-order valence-corrected chi connectivity index (χ2v) is 15.9. The maximum atomic E-state index is 13.3. The number of hydrogen-bond donors (Lipinski definition) is 0. The maximum absolute atomic E-state index is 13.3. The molecule has 0 bridgehead atoms. The van der Waals surface area contributed by atoms with Crippen molar-refractivity contribution in [3.8, 4) is 10.4 Å². The number of thiophene rings is 1. The van der Waals surface area contributed by atoms with Crippen molar-refractivity contribution in [1.82, 2.24) is 0 Å². The van der Waals surface area contributed by atoms with Gasteiger partial charge in [-0.25, -0.2) is 19.2 Å². The number of unbranched alkanes of at least 4 members (excludes halogenated alkanes) is 8. The molecule has 0 saturated heterocycles. The minimum Gasteiger partial charge on any atom is -0.462 e. The Morgan fingerprint density at radius 3 is 1.69 bits per heavy atom. The first-order chi connectivity index (χ1) is 28.5. The van der Waals surface area contributed by atoms with Gasteiger partial charge < -0.3 is 18.9 Å². The molecular weight excluding hydrogens is 781 g/mol. The van der Waals surface area contributed by atoms with Gasteiger partial charge in [0.05, 0.1) is 43.1 Å². The molecule has 0 atom stereocenters. The molecule has 0 unspecified atom stereocenters. The number of thioether (sulfide) groups is 1. The van der Waals surface area contributed by atoms with Crippen LogP contribution in [0.15, 0.2) is 121 Å². The van der Waals surface area contributed by atoms with Crippen molar-refractivity contribution >= 4 is 51.9 Å². The van der Waals surface area contributed by atoms with Gasteiger partial charge in [0.2, 0.25) is 0 Å². The van der Waals surface area contributed by atoms with E-state index in [9.17, 15) is 19.2 Å². The predicted octanol–water partition coefficient (Wildman–Crippen LogP) is 13.1. The quantitative estimate of drug-likeness (QED) is 0.0190. The summed E-state index contributed by atoms with van der Waals surface area (Å²) in [5.74, 6) is -2.11. The van der Waals surface area contributed by atoms with Crippen molar-refractivity contribution in [2.45, 2.75) is 97.8 Å². The van der Waals surface area contributed by atoms with Crippen LogP contribution in [-0.2, 0) is 28.5 Å². The van der Waals surface area contributed by atoms with Crippen molar-refractivity contribution in [3.63, 3.8) is 0 Å². The molecule has 0 saturated carbocycles. The van der Waals surface area contributed by atoms with Gasteiger partial charge in [-0.3, -0.25) is 0 Å². The molecule has 59 heavy (non-hydrogen) atoms. The molecule has 1 aromatic heterocycles. The summed E-state index contributed by atoms with van der Waals surface area (Å²) in [7, 11) is 0. The zero-order chi connectivity index (χ0) is 43.4. The molecule has 0 N–H and O–H groups in total. The fraction of sp³-hybridized carbons (Fsp3) is 0.388. The Balaban J connectivity index is 2.34. The molecule has 10 heteroatoms. The van der Waals surface area contributed by atoms with Gasteiger partial charge in [-0.15, -0.1) is 31.1 Å². The normalized spacial score (nSPS) is 11.7. The van der Waals surface area contributed by atoms with Gasteiger partial charge in [0, 0.05) is 25.1 Å². The molecule has 1 heterocycles. The predicted molar refractivity (Wildman–Crippen MR) is 245 cm³/mol. The molecule has 0 amide bonds. The SMILES string of the molecule is C=CCCCCOC(=O)/C(C)=C/C(=C\C(=C)C(=C)S/C(=C\C)c1ccc(-c2cc(C(=O)OCCCCC)cc(C(=O)OCCCCC=C)c2)s1)C(=O)OCCCCC=C. The number of benzene rings is 1. The first-order valence-electron chi connectivity index (χ1n) is 20.4. The van der Waals surface area contributed by atoms with Gasteiger partial charge in [0.15, 0.2) is 0 Å². The second kappa shape index (κ2) is 29.3. The van der Waals surface area contributed by atoms with E-state index >= 15 is 0 Å². The molecule has 2 rings (SSSR count). The Hall–Kier alpha value is -4.93. The summed E-state index contributed by atoms with van der Waals surface area (Å²) in [5.41, 5.74) is 2.09. The van der Waals surface area contributed by atoms with Gasteiger partial charge in [-0.2, -0.15) is 0 Å². The highest BCUT2D eigenvalue weighted by Gasteiger charge is 2.19. The number of carbonyl (C=O) groups is 4. The molecular formula is C49H62O8S2. The van der Waals surface area contributed by atoms with Crippen LogP contribution in [0.2, 0.25) is 0 Å². The van der Waals surface area contributed by atoms with Crippen LogP contribution < -0.4 is 0 Å². The van der Waals surface area contributed by atoms with E-state index in [1.807, 2.05) is 43.4 Å². The topological polar surface area (TPSA) is 105 Å². The highest BCUT2D eigenvalue weighted by atomic mass is 32.2. The maximum Gasteiger partial charge on any atom is 0.338 e. The molecule has 0 aliphatic rings. The average Bonchev–Trinajstić information content (AvgIpc) is 3.73. The van der Waals surface area contributed by atoms with Gasteiger partial charge >= 0.3 is 23.9 Å². The molecule has 0 aliphatic carbocycles. The van der Waals surface area contributed by atoms with Crippen LogP contribution in [0, 0.1) is 0 Å². The average molecular weight is 843 g/mol. The van der Waals surface area contributed by atoms with Gasteiger partial charge in [0.1, 0.15) is 0 Å². The number of carbonyl (C=O) groups excluding carboxylic acids is 4. The molecule has 0 radical (unpaired) electrons. The lowest BCUT2D eigenvalue weighted by Gasteiger charge is -2.11. The van der Waals surface area contributed by atoms with Crippen LogP contribution in [0.4, 0.5) is 0 Å². The van der Waals surface area contributed by atoms with E-state index in [1.165, 1.54) is 35.2 Å². The fourth-order valence-corrected chi connectivity index (χ4v) is 7.30. The van der Waals surface area contributed by atoms with Gasteiger partial charge in [0.25, 0.3) is 0 Å². The van der Waals surface area contributed by atoms with Gasteiger partial charge in [-0.1, -0.05) is 69.0 Å². The number of ether oxygens (including phenoxy) is 4. The molecule has 0 aliphatic heterocycles. The number of allylic oxidation sites excluding steroid dienone is 6. The minimum atomic E-state index is -0.585. The summed E-state index contributed by atoms with van der Waals surface area (Å²) in [5, 5.41) is 0. The monoisotopic (exact) mass is 842 g/mol. The third-order valence-electron chi connectivity index (χ3n) is 8.74. The van der Waals surface area contributed by atoms with E-state index < -0.39 is 23.9 Å². The Morgan fingerprint density at radius 1 is 0.678 bits per heavy atom. The van der Waals surface area contributed by atoms with Crippen molar-refractivity contribution < 1.29 is 38.1 Å². The Morgan fingerprint density at radius 2 is 1.19 bits per heavy atom. The molecule has 0 spiro atoms. The van der Waals surface area contributed by atoms with E-state index in [1.54, 1.807) is 25.1 Å². The first-order valence-corrected chi connectivity index (χ1v) is 22.0.